The van der Waals surface area contributed by atoms with Crippen molar-refractivity contribution < 1.29 is 14.6 Å². The van der Waals surface area contributed by atoms with Crippen molar-refractivity contribution in [1.29, 1.82) is 0 Å². The molecule has 0 aliphatic rings. The van der Waals surface area contributed by atoms with Crippen LogP contribution in [0.3, 0.4) is 0 Å². The highest BCUT2D eigenvalue weighted by molar-refractivity contribution is 6.33. The Morgan fingerprint density at radius 3 is 2.67 bits per heavy atom. The molecule has 0 bridgehead atoms. The maximum atomic E-state index is 12.6. The first kappa shape index (κ1) is 18.8. The van der Waals surface area contributed by atoms with Gasteiger partial charge in [-0.3, -0.25) is 4.79 Å². The summed E-state index contributed by atoms with van der Waals surface area (Å²) in [7, 11) is 1.47. The predicted octanol–water partition coefficient (Wildman–Crippen LogP) is 3.54. The monoisotopic (exact) mass is 385 g/mol. The van der Waals surface area contributed by atoms with Crippen LogP contribution in [-0.2, 0) is 13.1 Å². The number of carbonyl (C=O) groups is 1. The van der Waals surface area contributed by atoms with E-state index in [4.69, 9.17) is 16.3 Å². The fourth-order valence-corrected chi connectivity index (χ4v) is 3.10. The van der Waals surface area contributed by atoms with Gasteiger partial charge in [0.05, 0.1) is 24.9 Å². The Morgan fingerprint density at radius 2 is 1.96 bits per heavy atom. The van der Waals surface area contributed by atoms with E-state index in [9.17, 15) is 9.90 Å². The third-order valence-corrected chi connectivity index (χ3v) is 4.55. The number of aromatic nitrogens is 2. The summed E-state index contributed by atoms with van der Waals surface area (Å²) in [5.41, 5.74) is 2.77. The summed E-state index contributed by atoms with van der Waals surface area (Å²) < 4.78 is 6.69. The molecule has 7 heteroatoms. The largest absolute Gasteiger partial charge is 0.504 e. The number of nitrogens with one attached hydrogen (secondary N) is 1. The average molecular weight is 386 g/mol. The number of amides is 1. The van der Waals surface area contributed by atoms with Crippen molar-refractivity contribution in [1.82, 2.24) is 15.1 Å². The molecule has 0 aliphatic carbocycles. The van der Waals surface area contributed by atoms with Crippen LogP contribution in [0.25, 0.3) is 0 Å². The van der Waals surface area contributed by atoms with E-state index < -0.39 is 0 Å². The van der Waals surface area contributed by atoms with Crippen LogP contribution >= 0.6 is 11.6 Å². The number of benzene rings is 2. The van der Waals surface area contributed by atoms with E-state index in [0.29, 0.717) is 28.7 Å². The quantitative estimate of drug-likeness (QED) is 0.680. The number of phenols is 1. The lowest BCUT2D eigenvalue weighted by Gasteiger charge is -2.08. The lowest BCUT2D eigenvalue weighted by Crippen LogP contribution is -2.23. The summed E-state index contributed by atoms with van der Waals surface area (Å²) in [4.78, 5) is 12.6. The number of rotatable bonds is 6. The number of halogens is 1. The Labute approximate surface area is 162 Å². The Hall–Kier alpha value is -2.99. The molecule has 1 aromatic heterocycles. The van der Waals surface area contributed by atoms with Crippen molar-refractivity contribution in [2.75, 3.05) is 7.11 Å². The lowest BCUT2D eigenvalue weighted by atomic mass is 10.2. The molecule has 0 saturated carbocycles. The van der Waals surface area contributed by atoms with E-state index in [1.54, 1.807) is 23.7 Å². The number of aromatic hydroxyl groups is 1. The van der Waals surface area contributed by atoms with Crippen molar-refractivity contribution >= 4 is 17.5 Å². The molecular weight excluding hydrogens is 366 g/mol. The van der Waals surface area contributed by atoms with Gasteiger partial charge >= 0.3 is 0 Å². The molecule has 27 heavy (non-hydrogen) atoms. The van der Waals surface area contributed by atoms with E-state index in [0.717, 1.165) is 11.1 Å². The fourth-order valence-electron chi connectivity index (χ4n) is 2.78. The normalized spacial score (nSPS) is 10.6. The Balaban J connectivity index is 1.73. The molecule has 2 N–H and O–H groups in total. The number of aryl methyl sites for hydroxylation is 1. The van der Waals surface area contributed by atoms with E-state index in [-0.39, 0.29) is 18.2 Å². The summed E-state index contributed by atoms with van der Waals surface area (Å²) in [5.74, 6) is 0.101. The molecule has 0 unspecified atom stereocenters. The predicted molar refractivity (Wildman–Crippen MR) is 103 cm³/mol. The summed E-state index contributed by atoms with van der Waals surface area (Å²) in [5, 5.41) is 17.2. The third-order valence-electron chi connectivity index (χ3n) is 4.16. The number of methoxy groups -OCH3 is 1. The number of hydrogen-bond acceptors (Lipinski definition) is 4. The van der Waals surface area contributed by atoms with Gasteiger partial charge in [-0.25, -0.2) is 4.68 Å². The molecule has 0 atom stereocenters. The SMILES string of the molecule is COc1cc(CNC(=O)c2c(C)nn(Cc3ccccc3)c2Cl)ccc1O. The number of nitrogens with zero attached hydrogens (tertiary/aromatic N) is 2. The number of carbonyl (C=O) groups excluding carboxylic acids is 1. The van der Waals surface area contributed by atoms with Gasteiger partial charge in [-0.2, -0.15) is 5.10 Å². The average Bonchev–Trinajstić information content (AvgIpc) is 2.95. The van der Waals surface area contributed by atoms with E-state index in [1.807, 2.05) is 30.3 Å². The van der Waals surface area contributed by atoms with Crippen molar-refractivity contribution in [2.24, 2.45) is 0 Å². The molecule has 0 fully saturated rings. The molecule has 1 heterocycles. The molecular formula is C20H20ClN3O3. The lowest BCUT2D eigenvalue weighted by molar-refractivity contribution is 0.0950. The zero-order valence-corrected chi connectivity index (χ0v) is 15.8. The van der Waals surface area contributed by atoms with Gasteiger partial charge in [0.2, 0.25) is 0 Å². The number of phenolic OH excluding ortho intramolecular Hbond substituents is 1. The highest BCUT2D eigenvalue weighted by atomic mass is 35.5. The van der Waals surface area contributed by atoms with Gasteiger partial charge < -0.3 is 15.2 Å². The van der Waals surface area contributed by atoms with Gasteiger partial charge in [-0.05, 0) is 30.2 Å². The van der Waals surface area contributed by atoms with Crippen LogP contribution in [0.2, 0.25) is 5.15 Å². The highest BCUT2D eigenvalue weighted by Gasteiger charge is 2.20. The standard InChI is InChI=1S/C20H20ClN3O3/c1-13-18(19(21)24(23-13)12-14-6-4-3-5-7-14)20(26)22-11-15-8-9-16(25)17(10-15)27-2/h3-10,25H,11-12H2,1-2H3,(H,22,26). The second-order valence-corrected chi connectivity index (χ2v) is 6.44. The van der Waals surface area contributed by atoms with E-state index in [1.165, 1.54) is 13.2 Å². The zero-order valence-electron chi connectivity index (χ0n) is 15.1. The minimum absolute atomic E-state index is 0.0497. The topological polar surface area (TPSA) is 76.4 Å². The van der Waals surface area contributed by atoms with Crippen molar-refractivity contribution in [3.05, 3.63) is 76.1 Å². The molecule has 0 aliphatic heterocycles. The molecule has 0 saturated heterocycles. The van der Waals surface area contributed by atoms with Gasteiger partial charge in [0, 0.05) is 6.54 Å². The van der Waals surface area contributed by atoms with Gasteiger partial charge in [0.1, 0.15) is 5.15 Å². The number of hydrogen-bond donors (Lipinski definition) is 2. The molecule has 6 nitrogen and oxygen atoms in total. The molecule has 1 amide bonds. The van der Waals surface area contributed by atoms with Crippen LogP contribution in [-0.4, -0.2) is 27.9 Å². The third kappa shape index (κ3) is 4.23. The summed E-state index contributed by atoms with van der Waals surface area (Å²) in [6, 6.07) is 14.7. The van der Waals surface area contributed by atoms with Crippen molar-refractivity contribution in [2.45, 2.75) is 20.0 Å². The van der Waals surface area contributed by atoms with E-state index >= 15 is 0 Å². The van der Waals surface area contributed by atoms with Gasteiger partial charge in [0.25, 0.3) is 5.91 Å². The first-order valence-corrected chi connectivity index (χ1v) is 8.78. The second kappa shape index (κ2) is 8.14. The summed E-state index contributed by atoms with van der Waals surface area (Å²) >= 11 is 6.41. The minimum Gasteiger partial charge on any atom is -0.504 e. The maximum absolute atomic E-state index is 12.6. The zero-order chi connectivity index (χ0) is 19.4. The summed E-state index contributed by atoms with van der Waals surface area (Å²) in [6.07, 6.45) is 0. The second-order valence-electron chi connectivity index (χ2n) is 6.08. The Kier molecular flexibility index (Phi) is 5.66. The van der Waals surface area contributed by atoms with Crippen molar-refractivity contribution in [3.63, 3.8) is 0 Å². The van der Waals surface area contributed by atoms with Crippen LogP contribution in [0.1, 0.15) is 27.2 Å². The number of ether oxygens (including phenoxy) is 1. The first-order chi connectivity index (χ1) is 13.0. The minimum atomic E-state index is -0.302. The Morgan fingerprint density at radius 1 is 1.22 bits per heavy atom. The van der Waals surface area contributed by atoms with Crippen LogP contribution < -0.4 is 10.1 Å². The van der Waals surface area contributed by atoms with Gasteiger partial charge in [0.15, 0.2) is 11.5 Å². The highest BCUT2D eigenvalue weighted by Crippen LogP contribution is 2.26. The van der Waals surface area contributed by atoms with Crippen LogP contribution in [0.5, 0.6) is 11.5 Å². The molecule has 0 spiro atoms. The summed E-state index contributed by atoms with van der Waals surface area (Å²) in [6.45, 7) is 2.52. The first-order valence-electron chi connectivity index (χ1n) is 8.40. The molecule has 3 aromatic rings. The van der Waals surface area contributed by atoms with Crippen LogP contribution in [0.15, 0.2) is 48.5 Å². The molecule has 2 aromatic carbocycles. The molecule has 0 radical (unpaired) electrons. The smallest absolute Gasteiger partial charge is 0.256 e. The van der Waals surface area contributed by atoms with Gasteiger partial charge in [-0.1, -0.05) is 48.0 Å². The molecule has 3 rings (SSSR count). The van der Waals surface area contributed by atoms with E-state index in [2.05, 4.69) is 10.4 Å². The fraction of sp³-hybridized carbons (Fsp3) is 0.200. The van der Waals surface area contributed by atoms with Crippen molar-refractivity contribution in [3.8, 4) is 11.5 Å². The Bertz CT molecular complexity index is 955. The van der Waals surface area contributed by atoms with Crippen LogP contribution in [0.4, 0.5) is 0 Å². The van der Waals surface area contributed by atoms with Gasteiger partial charge in [-0.15, -0.1) is 0 Å². The van der Waals surface area contributed by atoms with Crippen LogP contribution in [0, 0.1) is 6.92 Å². The maximum Gasteiger partial charge on any atom is 0.256 e. The molecule has 140 valence electrons.